The molecule has 0 aliphatic heterocycles. The maximum Gasteiger partial charge on any atom is 0.261 e. The minimum absolute atomic E-state index is 0.462. The third-order valence-corrected chi connectivity index (χ3v) is 4.71. The van der Waals surface area contributed by atoms with Crippen LogP contribution in [0, 0.1) is 25.2 Å². The van der Waals surface area contributed by atoms with Crippen LogP contribution in [-0.4, -0.2) is 16.7 Å². The molecular formula is C22H19ClN4O. The van der Waals surface area contributed by atoms with Crippen LogP contribution in [0.15, 0.2) is 65.8 Å². The molecule has 6 heteroatoms. The number of nitrogens with one attached hydrogen (secondary N) is 1. The maximum absolute atomic E-state index is 12.3. The molecule has 0 bridgehead atoms. The molecule has 1 aromatic heterocycles. The van der Waals surface area contributed by atoms with E-state index in [1.165, 1.54) is 0 Å². The summed E-state index contributed by atoms with van der Waals surface area (Å²) in [5.74, 6) is -1.36. The van der Waals surface area contributed by atoms with Gasteiger partial charge in [0.25, 0.3) is 5.91 Å². The Kier molecular flexibility index (Phi) is 5.93. The van der Waals surface area contributed by atoms with Crippen LogP contribution in [0.25, 0.3) is 5.69 Å². The zero-order valence-corrected chi connectivity index (χ0v) is 16.3. The highest BCUT2D eigenvalue weighted by molar-refractivity contribution is 6.30. The van der Waals surface area contributed by atoms with E-state index in [2.05, 4.69) is 15.1 Å². The number of aryl methyl sites for hydroxylation is 1. The van der Waals surface area contributed by atoms with Gasteiger partial charge in [-0.15, -0.1) is 0 Å². The van der Waals surface area contributed by atoms with E-state index in [4.69, 9.17) is 11.6 Å². The number of carbonyl (C=O) groups is 1. The Hall–Kier alpha value is -3.36. The first kappa shape index (κ1) is 19.4. The number of benzene rings is 2. The zero-order chi connectivity index (χ0) is 20.1. The van der Waals surface area contributed by atoms with Crippen LogP contribution >= 0.6 is 11.6 Å². The standard InChI is InChI=1S/C22H19ClN4O/c1-15-12-18(16(2)27(15)20-10-8-19(23)9-11-20)14-25-26-22(28)21(13-24)17-6-4-3-5-7-17/h3-12,14,21H,1-2H3,(H,26,28)/b25-14-/t21-/m1/s1. The van der Waals surface area contributed by atoms with Crippen LogP contribution in [0.1, 0.15) is 28.4 Å². The number of rotatable bonds is 5. The van der Waals surface area contributed by atoms with Gasteiger partial charge >= 0.3 is 0 Å². The molecule has 1 heterocycles. The van der Waals surface area contributed by atoms with E-state index in [0.717, 1.165) is 22.6 Å². The molecule has 3 rings (SSSR count). The molecule has 140 valence electrons. The second-order valence-corrected chi connectivity index (χ2v) is 6.78. The lowest BCUT2D eigenvalue weighted by Crippen LogP contribution is -2.24. The van der Waals surface area contributed by atoms with Crippen molar-refractivity contribution >= 4 is 23.7 Å². The van der Waals surface area contributed by atoms with Gasteiger partial charge < -0.3 is 4.57 Å². The fourth-order valence-electron chi connectivity index (χ4n) is 3.07. The third-order valence-electron chi connectivity index (χ3n) is 4.46. The van der Waals surface area contributed by atoms with Crippen molar-refractivity contribution in [2.75, 3.05) is 0 Å². The van der Waals surface area contributed by atoms with Gasteiger partial charge in [-0.2, -0.15) is 10.4 Å². The average molecular weight is 391 g/mol. The van der Waals surface area contributed by atoms with Gasteiger partial charge in [0, 0.05) is 27.7 Å². The predicted molar refractivity (Wildman–Crippen MR) is 111 cm³/mol. The summed E-state index contributed by atoms with van der Waals surface area (Å²) in [5.41, 5.74) is 6.99. The molecule has 0 aliphatic carbocycles. The normalized spacial score (nSPS) is 11.9. The highest BCUT2D eigenvalue weighted by atomic mass is 35.5. The highest BCUT2D eigenvalue weighted by Gasteiger charge is 2.19. The van der Waals surface area contributed by atoms with Gasteiger partial charge in [-0.1, -0.05) is 41.9 Å². The van der Waals surface area contributed by atoms with Gasteiger partial charge in [-0.05, 0) is 49.7 Å². The van der Waals surface area contributed by atoms with E-state index >= 15 is 0 Å². The lowest BCUT2D eigenvalue weighted by Gasteiger charge is -2.09. The smallest absolute Gasteiger partial charge is 0.261 e. The van der Waals surface area contributed by atoms with Gasteiger partial charge in [0.1, 0.15) is 0 Å². The summed E-state index contributed by atoms with van der Waals surface area (Å²) in [6.45, 7) is 3.98. The Bertz CT molecular complexity index is 1050. The van der Waals surface area contributed by atoms with E-state index in [9.17, 15) is 10.1 Å². The molecule has 1 amide bonds. The number of aromatic nitrogens is 1. The van der Waals surface area contributed by atoms with E-state index in [1.807, 2.05) is 56.3 Å². The second-order valence-electron chi connectivity index (χ2n) is 6.35. The summed E-state index contributed by atoms with van der Waals surface area (Å²) in [5, 5.41) is 14.1. The van der Waals surface area contributed by atoms with Crippen molar-refractivity contribution in [1.29, 1.82) is 5.26 Å². The molecular weight excluding hydrogens is 372 g/mol. The fourth-order valence-corrected chi connectivity index (χ4v) is 3.19. The first-order chi connectivity index (χ1) is 13.5. The number of halogens is 1. The molecule has 1 N–H and O–H groups in total. The molecule has 28 heavy (non-hydrogen) atoms. The van der Waals surface area contributed by atoms with Crippen LogP contribution in [0.4, 0.5) is 0 Å². The van der Waals surface area contributed by atoms with Crippen molar-refractivity contribution in [3.8, 4) is 11.8 Å². The average Bonchev–Trinajstić information content (AvgIpc) is 2.97. The molecule has 0 fully saturated rings. The molecule has 5 nitrogen and oxygen atoms in total. The molecule has 1 atom stereocenters. The monoisotopic (exact) mass is 390 g/mol. The maximum atomic E-state index is 12.3. The SMILES string of the molecule is Cc1cc(/C=N\NC(=O)[C@H](C#N)c2ccccc2)c(C)n1-c1ccc(Cl)cc1. The van der Waals surface area contributed by atoms with Crippen molar-refractivity contribution in [2.24, 2.45) is 5.10 Å². The minimum Gasteiger partial charge on any atom is -0.318 e. The van der Waals surface area contributed by atoms with Crippen LogP contribution in [0.5, 0.6) is 0 Å². The lowest BCUT2D eigenvalue weighted by atomic mass is 10.0. The Balaban J connectivity index is 1.76. The van der Waals surface area contributed by atoms with Crippen molar-refractivity contribution in [1.82, 2.24) is 9.99 Å². The largest absolute Gasteiger partial charge is 0.318 e. The van der Waals surface area contributed by atoms with Crippen LogP contribution in [0.2, 0.25) is 5.02 Å². The Morgan fingerprint density at radius 3 is 2.50 bits per heavy atom. The Morgan fingerprint density at radius 1 is 1.18 bits per heavy atom. The van der Waals surface area contributed by atoms with E-state index < -0.39 is 11.8 Å². The first-order valence-corrected chi connectivity index (χ1v) is 9.11. The molecule has 0 aliphatic rings. The summed E-state index contributed by atoms with van der Waals surface area (Å²) in [6.07, 6.45) is 1.59. The predicted octanol–water partition coefficient (Wildman–Crippen LogP) is 4.51. The first-order valence-electron chi connectivity index (χ1n) is 8.73. The number of carbonyl (C=O) groups excluding carboxylic acids is 1. The Morgan fingerprint density at radius 2 is 1.86 bits per heavy atom. The van der Waals surface area contributed by atoms with Gasteiger partial charge in [-0.25, -0.2) is 5.43 Å². The van der Waals surface area contributed by atoms with Crippen molar-refractivity contribution in [2.45, 2.75) is 19.8 Å². The van der Waals surface area contributed by atoms with Crippen LogP contribution in [0.3, 0.4) is 0 Å². The lowest BCUT2D eigenvalue weighted by molar-refractivity contribution is -0.121. The molecule has 0 saturated heterocycles. The fraction of sp³-hybridized carbons (Fsp3) is 0.136. The molecule has 0 spiro atoms. The van der Waals surface area contributed by atoms with Gasteiger partial charge in [0.2, 0.25) is 0 Å². The van der Waals surface area contributed by atoms with Gasteiger partial charge in [0.05, 0.1) is 12.3 Å². The second kappa shape index (κ2) is 8.55. The van der Waals surface area contributed by atoms with Gasteiger partial charge in [-0.3, -0.25) is 4.79 Å². The molecule has 0 unspecified atom stereocenters. The molecule has 0 radical (unpaired) electrons. The number of nitriles is 1. The number of nitrogens with zero attached hydrogens (tertiary/aromatic N) is 3. The van der Waals surface area contributed by atoms with Crippen LogP contribution in [-0.2, 0) is 4.79 Å². The molecule has 3 aromatic rings. The number of hydrogen-bond acceptors (Lipinski definition) is 3. The van der Waals surface area contributed by atoms with E-state index in [1.54, 1.807) is 30.5 Å². The summed E-state index contributed by atoms with van der Waals surface area (Å²) in [6, 6.07) is 20.5. The quantitative estimate of drug-likeness (QED) is 0.514. The molecule has 0 saturated carbocycles. The van der Waals surface area contributed by atoms with Crippen molar-refractivity contribution in [3.63, 3.8) is 0 Å². The van der Waals surface area contributed by atoms with Crippen molar-refractivity contribution in [3.05, 3.63) is 88.2 Å². The minimum atomic E-state index is -0.903. The number of amides is 1. The zero-order valence-electron chi connectivity index (χ0n) is 15.6. The van der Waals surface area contributed by atoms with E-state index in [-0.39, 0.29) is 0 Å². The summed E-state index contributed by atoms with van der Waals surface area (Å²) in [4.78, 5) is 12.3. The van der Waals surface area contributed by atoms with Crippen molar-refractivity contribution < 1.29 is 4.79 Å². The third kappa shape index (κ3) is 4.13. The summed E-state index contributed by atoms with van der Waals surface area (Å²) < 4.78 is 2.08. The Labute approximate surface area is 168 Å². The number of hydrazone groups is 1. The number of hydrogen-bond donors (Lipinski definition) is 1. The van der Waals surface area contributed by atoms with Gasteiger partial charge in [0.15, 0.2) is 5.92 Å². The van der Waals surface area contributed by atoms with Crippen LogP contribution < -0.4 is 5.43 Å². The summed E-state index contributed by atoms with van der Waals surface area (Å²) in [7, 11) is 0. The summed E-state index contributed by atoms with van der Waals surface area (Å²) >= 11 is 5.97. The highest BCUT2D eigenvalue weighted by Crippen LogP contribution is 2.21. The van der Waals surface area contributed by atoms with E-state index in [0.29, 0.717) is 10.6 Å². The topological polar surface area (TPSA) is 70.2 Å². The molecule has 2 aromatic carbocycles.